The minimum atomic E-state index is -3.83. The molecule has 2 aromatic carbocycles. The van der Waals surface area contributed by atoms with Crippen LogP contribution in [-0.4, -0.2) is 28.3 Å². The van der Waals surface area contributed by atoms with Crippen LogP contribution in [0.4, 0.5) is 0 Å². The standard InChI is InChI=1S/C19H17N5O4S/c1-24-17(12-27-14-7-3-2-4-8-14)16(11-21-24)19-22-18(23-28-19)13-6-5-9-15(10-13)29(20,25)26/h2-11H,12H2,1H3,(H2,20,25,26). The molecule has 0 aliphatic carbocycles. The molecule has 0 aliphatic heterocycles. The summed E-state index contributed by atoms with van der Waals surface area (Å²) in [5.41, 5.74) is 1.85. The molecule has 0 aliphatic rings. The van der Waals surface area contributed by atoms with Crippen molar-refractivity contribution in [1.82, 2.24) is 19.9 Å². The molecule has 0 saturated carbocycles. The maximum absolute atomic E-state index is 11.6. The molecule has 0 saturated heterocycles. The second kappa shape index (κ2) is 7.49. The zero-order valence-electron chi connectivity index (χ0n) is 15.4. The molecule has 0 unspecified atom stereocenters. The molecule has 0 amide bonds. The third-order valence-electron chi connectivity index (χ3n) is 4.26. The number of primary sulfonamides is 1. The molecule has 9 nitrogen and oxygen atoms in total. The Hall–Kier alpha value is -3.50. The number of hydrogen-bond acceptors (Lipinski definition) is 7. The van der Waals surface area contributed by atoms with E-state index >= 15 is 0 Å². The Morgan fingerprint density at radius 2 is 1.93 bits per heavy atom. The molecule has 0 bridgehead atoms. The molecule has 0 fully saturated rings. The minimum absolute atomic E-state index is 0.0281. The van der Waals surface area contributed by atoms with E-state index in [0.717, 1.165) is 11.4 Å². The summed E-state index contributed by atoms with van der Waals surface area (Å²) in [7, 11) is -2.04. The fourth-order valence-electron chi connectivity index (χ4n) is 2.74. The van der Waals surface area contributed by atoms with Crippen molar-refractivity contribution in [3.05, 3.63) is 66.5 Å². The van der Waals surface area contributed by atoms with Gasteiger partial charge in [-0.3, -0.25) is 4.68 Å². The normalized spacial score (nSPS) is 11.5. The zero-order chi connectivity index (χ0) is 20.4. The summed E-state index contributed by atoms with van der Waals surface area (Å²) in [5, 5.41) is 13.4. The Balaban J connectivity index is 1.62. The highest BCUT2D eigenvalue weighted by molar-refractivity contribution is 7.89. The van der Waals surface area contributed by atoms with E-state index in [-0.39, 0.29) is 23.2 Å². The van der Waals surface area contributed by atoms with Crippen LogP contribution in [0, 0.1) is 0 Å². The summed E-state index contributed by atoms with van der Waals surface area (Å²) in [6.45, 7) is 0.258. The quantitative estimate of drug-likeness (QED) is 0.516. The number of benzene rings is 2. The van der Waals surface area contributed by atoms with Crippen molar-refractivity contribution >= 4 is 10.0 Å². The van der Waals surface area contributed by atoms with Gasteiger partial charge in [-0.25, -0.2) is 13.6 Å². The van der Waals surface area contributed by atoms with Crippen LogP contribution in [0.25, 0.3) is 22.8 Å². The monoisotopic (exact) mass is 411 g/mol. The summed E-state index contributed by atoms with van der Waals surface area (Å²) in [4.78, 5) is 4.35. The van der Waals surface area contributed by atoms with Gasteiger partial charge in [0.2, 0.25) is 15.8 Å². The topological polar surface area (TPSA) is 126 Å². The van der Waals surface area contributed by atoms with Crippen molar-refractivity contribution in [1.29, 1.82) is 0 Å². The molecule has 0 radical (unpaired) electrons. The van der Waals surface area contributed by atoms with Crippen LogP contribution < -0.4 is 9.88 Å². The van der Waals surface area contributed by atoms with Gasteiger partial charge < -0.3 is 9.26 Å². The number of aryl methyl sites for hydroxylation is 1. The highest BCUT2D eigenvalue weighted by Crippen LogP contribution is 2.26. The van der Waals surface area contributed by atoms with Crippen molar-refractivity contribution < 1.29 is 17.7 Å². The number of ether oxygens (including phenoxy) is 1. The van der Waals surface area contributed by atoms with Crippen molar-refractivity contribution in [2.75, 3.05) is 0 Å². The summed E-state index contributed by atoms with van der Waals surface area (Å²) in [5.74, 6) is 1.22. The minimum Gasteiger partial charge on any atom is -0.487 e. The second-order valence-electron chi connectivity index (χ2n) is 6.23. The summed E-state index contributed by atoms with van der Waals surface area (Å²) >= 11 is 0. The SMILES string of the molecule is Cn1ncc(-c2nc(-c3cccc(S(N)(=O)=O)c3)no2)c1COc1ccccc1. The summed E-state index contributed by atoms with van der Waals surface area (Å²) in [6, 6.07) is 15.4. The molecule has 0 atom stereocenters. The molecule has 0 spiro atoms. The van der Waals surface area contributed by atoms with Gasteiger partial charge in [-0.1, -0.05) is 35.5 Å². The number of nitrogens with zero attached hydrogens (tertiary/aromatic N) is 4. The van der Waals surface area contributed by atoms with Gasteiger partial charge in [0.1, 0.15) is 12.4 Å². The van der Waals surface area contributed by atoms with E-state index in [1.165, 1.54) is 12.1 Å². The van der Waals surface area contributed by atoms with Crippen LogP contribution in [0.2, 0.25) is 0 Å². The lowest BCUT2D eigenvalue weighted by atomic mass is 10.2. The lowest BCUT2D eigenvalue weighted by Crippen LogP contribution is -2.11. The largest absolute Gasteiger partial charge is 0.487 e. The molecule has 2 aromatic heterocycles. The average molecular weight is 411 g/mol. The van der Waals surface area contributed by atoms with Crippen LogP contribution in [0.15, 0.2) is 70.2 Å². The molecular weight excluding hydrogens is 394 g/mol. The molecule has 29 heavy (non-hydrogen) atoms. The summed E-state index contributed by atoms with van der Waals surface area (Å²) in [6.07, 6.45) is 1.61. The van der Waals surface area contributed by atoms with E-state index in [2.05, 4.69) is 15.2 Å². The maximum atomic E-state index is 11.6. The predicted octanol–water partition coefficient (Wildman–Crippen LogP) is 2.36. The lowest BCUT2D eigenvalue weighted by Gasteiger charge is -2.07. The number of hydrogen-bond donors (Lipinski definition) is 1. The van der Waals surface area contributed by atoms with Gasteiger partial charge in [0, 0.05) is 12.6 Å². The van der Waals surface area contributed by atoms with Crippen LogP contribution in [-0.2, 0) is 23.7 Å². The Morgan fingerprint density at radius 1 is 1.14 bits per heavy atom. The Morgan fingerprint density at radius 3 is 2.69 bits per heavy atom. The van der Waals surface area contributed by atoms with Crippen molar-refractivity contribution in [2.24, 2.45) is 12.2 Å². The molecule has 4 rings (SSSR count). The van der Waals surface area contributed by atoms with Crippen molar-refractivity contribution in [2.45, 2.75) is 11.5 Å². The third kappa shape index (κ3) is 4.03. The van der Waals surface area contributed by atoms with Gasteiger partial charge in [-0.05, 0) is 24.3 Å². The first-order valence-corrected chi connectivity index (χ1v) is 10.1. The first-order valence-electron chi connectivity index (χ1n) is 8.58. The van der Waals surface area contributed by atoms with Gasteiger partial charge in [0.25, 0.3) is 5.89 Å². The van der Waals surface area contributed by atoms with Gasteiger partial charge >= 0.3 is 0 Å². The highest BCUT2D eigenvalue weighted by atomic mass is 32.2. The third-order valence-corrected chi connectivity index (χ3v) is 5.17. The summed E-state index contributed by atoms with van der Waals surface area (Å²) < 4.78 is 36.0. The fourth-order valence-corrected chi connectivity index (χ4v) is 3.30. The molecule has 4 aromatic rings. The first-order chi connectivity index (χ1) is 13.9. The number of sulfonamides is 1. The van der Waals surface area contributed by atoms with Crippen molar-refractivity contribution in [3.63, 3.8) is 0 Å². The van der Waals surface area contributed by atoms with E-state index in [9.17, 15) is 8.42 Å². The number of aromatic nitrogens is 4. The first kappa shape index (κ1) is 18.8. The van der Waals surface area contributed by atoms with Crippen LogP contribution in [0.5, 0.6) is 5.75 Å². The fraction of sp³-hybridized carbons (Fsp3) is 0.105. The van der Waals surface area contributed by atoms with E-state index in [4.69, 9.17) is 14.4 Å². The highest BCUT2D eigenvalue weighted by Gasteiger charge is 2.19. The van der Waals surface area contributed by atoms with Crippen LogP contribution >= 0.6 is 0 Å². The van der Waals surface area contributed by atoms with Crippen LogP contribution in [0.1, 0.15) is 5.69 Å². The average Bonchev–Trinajstić information content (AvgIpc) is 3.33. The predicted molar refractivity (Wildman–Crippen MR) is 104 cm³/mol. The van der Waals surface area contributed by atoms with Gasteiger partial charge in [0.15, 0.2) is 0 Å². The Labute approximate surface area is 166 Å². The number of nitrogens with two attached hydrogens (primary N) is 1. The molecule has 10 heteroatoms. The molecule has 2 heterocycles. The second-order valence-corrected chi connectivity index (χ2v) is 7.79. The van der Waals surface area contributed by atoms with E-state index in [0.29, 0.717) is 11.1 Å². The zero-order valence-corrected chi connectivity index (χ0v) is 16.2. The van der Waals surface area contributed by atoms with E-state index in [1.807, 2.05) is 30.3 Å². The van der Waals surface area contributed by atoms with Crippen LogP contribution in [0.3, 0.4) is 0 Å². The lowest BCUT2D eigenvalue weighted by molar-refractivity contribution is 0.295. The van der Waals surface area contributed by atoms with Gasteiger partial charge in [-0.15, -0.1) is 0 Å². The van der Waals surface area contributed by atoms with Gasteiger partial charge in [-0.2, -0.15) is 10.1 Å². The van der Waals surface area contributed by atoms with E-state index in [1.54, 1.807) is 30.1 Å². The Bertz CT molecular complexity index is 1250. The number of rotatable bonds is 6. The van der Waals surface area contributed by atoms with E-state index < -0.39 is 10.0 Å². The van der Waals surface area contributed by atoms with Gasteiger partial charge in [0.05, 0.1) is 22.3 Å². The smallest absolute Gasteiger partial charge is 0.261 e. The van der Waals surface area contributed by atoms with Crippen molar-refractivity contribution in [3.8, 4) is 28.6 Å². The molecule has 2 N–H and O–H groups in total. The molecule has 148 valence electrons. The maximum Gasteiger partial charge on any atom is 0.261 e. The molecular formula is C19H17N5O4S. The Kier molecular flexibility index (Phi) is 4.87. The number of para-hydroxylation sites is 1.